The van der Waals surface area contributed by atoms with E-state index in [1.807, 2.05) is 6.92 Å². The molecule has 4 nitrogen and oxygen atoms in total. The van der Waals surface area contributed by atoms with Crippen molar-refractivity contribution in [2.45, 2.75) is 19.4 Å². The van der Waals surface area contributed by atoms with Gasteiger partial charge in [-0.05, 0) is 30.5 Å². The van der Waals surface area contributed by atoms with Crippen LogP contribution in [-0.2, 0) is 4.79 Å². The van der Waals surface area contributed by atoms with Gasteiger partial charge in [0.1, 0.15) is 6.04 Å². The Morgan fingerprint density at radius 1 is 1.16 bits per heavy atom. The minimum absolute atomic E-state index is 0.187. The lowest BCUT2D eigenvalue weighted by Gasteiger charge is -2.17. The molecule has 0 spiro atoms. The van der Waals surface area contributed by atoms with Gasteiger partial charge in [-0.3, -0.25) is 4.79 Å². The molecule has 2 fully saturated rings. The summed E-state index contributed by atoms with van der Waals surface area (Å²) in [6, 6.07) is 4.11. The molecule has 2 heterocycles. The van der Waals surface area contributed by atoms with Gasteiger partial charge in [-0.25, -0.2) is 9.69 Å². The molecule has 2 unspecified atom stereocenters. The molecule has 0 bridgehead atoms. The summed E-state index contributed by atoms with van der Waals surface area (Å²) in [7, 11) is 0. The summed E-state index contributed by atoms with van der Waals surface area (Å²) in [5.41, 5.74) is 0.439. The number of amides is 3. The predicted molar refractivity (Wildman–Crippen MR) is 73.6 cm³/mol. The lowest BCUT2D eigenvalue weighted by Crippen LogP contribution is -2.33. The summed E-state index contributed by atoms with van der Waals surface area (Å²) in [6.07, 6.45) is 0.718. The maximum absolute atomic E-state index is 12.3. The molecule has 1 aromatic carbocycles. The molecule has 0 aliphatic carbocycles. The lowest BCUT2D eigenvalue weighted by atomic mass is 10.1. The largest absolute Gasteiger partial charge is 0.332 e. The SMILES string of the molecule is CC1CC2C(=O)N(c3cc(Cl)cc(Cl)c3)C(=O)N2C1. The summed E-state index contributed by atoms with van der Waals surface area (Å²) in [5.74, 6) is 0.177. The van der Waals surface area contributed by atoms with E-state index in [4.69, 9.17) is 23.2 Å². The first-order valence-electron chi connectivity index (χ1n) is 6.08. The van der Waals surface area contributed by atoms with Gasteiger partial charge in [0.25, 0.3) is 5.91 Å². The zero-order chi connectivity index (χ0) is 13.7. The van der Waals surface area contributed by atoms with Gasteiger partial charge in [-0.15, -0.1) is 0 Å². The van der Waals surface area contributed by atoms with Gasteiger partial charge in [0.05, 0.1) is 5.69 Å². The van der Waals surface area contributed by atoms with Crippen molar-refractivity contribution in [3.05, 3.63) is 28.2 Å². The molecule has 2 aliphatic heterocycles. The van der Waals surface area contributed by atoms with Crippen LogP contribution in [0.25, 0.3) is 0 Å². The first-order chi connectivity index (χ1) is 8.97. The second-order valence-electron chi connectivity index (χ2n) is 5.09. The second-order valence-corrected chi connectivity index (χ2v) is 5.97. The molecule has 1 aromatic rings. The van der Waals surface area contributed by atoms with Crippen LogP contribution in [0.15, 0.2) is 18.2 Å². The number of carbonyl (C=O) groups is 2. The van der Waals surface area contributed by atoms with Crippen LogP contribution in [0.1, 0.15) is 13.3 Å². The Bertz CT molecular complexity index is 532. The van der Waals surface area contributed by atoms with E-state index in [0.29, 0.717) is 28.2 Å². The monoisotopic (exact) mass is 298 g/mol. The van der Waals surface area contributed by atoms with Gasteiger partial charge in [0, 0.05) is 16.6 Å². The van der Waals surface area contributed by atoms with Crippen molar-refractivity contribution in [1.82, 2.24) is 4.90 Å². The molecular weight excluding hydrogens is 287 g/mol. The quantitative estimate of drug-likeness (QED) is 0.747. The zero-order valence-corrected chi connectivity index (χ0v) is 11.8. The van der Waals surface area contributed by atoms with E-state index in [1.54, 1.807) is 23.1 Å². The van der Waals surface area contributed by atoms with Crippen molar-refractivity contribution in [3.63, 3.8) is 0 Å². The van der Waals surface area contributed by atoms with Crippen LogP contribution in [0, 0.1) is 5.92 Å². The van der Waals surface area contributed by atoms with Crippen LogP contribution in [0.5, 0.6) is 0 Å². The first-order valence-corrected chi connectivity index (χ1v) is 6.83. The van der Waals surface area contributed by atoms with E-state index in [0.717, 1.165) is 6.42 Å². The highest BCUT2D eigenvalue weighted by Crippen LogP contribution is 2.35. The van der Waals surface area contributed by atoms with Crippen molar-refractivity contribution < 1.29 is 9.59 Å². The Hall–Kier alpha value is -1.26. The average molecular weight is 299 g/mol. The number of benzene rings is 1. The summed E-state index contributed by atoms with van der Waals surface area (Å²) in [5, 5.41) is 0.812. The highest BCUT2D eigenvalue weighted by molar-refractivity contribution is 6.35. The molecule has 2 saturated heterocycles. The molecular formula is C13H12Cl2N2O2. The maximum Gasteiger partial charge on any atom is 0.332 e. The van der Waals surface area contributed by atoms with Gasteiger partial charge in [-0.1, -0.05) is 30.1 Å². The number of carbonyl (C=O) groups excluding carboxylic acids is 2. The Morgan fingerprint density at radius 3 is 2.37 bits per heavy atom. The van der Waals surface area contributed by atoms with Crippen molar-refractivity contribution in [2.75, 3.05) is 11.4 Å². The number of nitrogens with zero attached hydrogens (tertiary/aromatic N) is 2. The maximum atomic E-state index is 12.3. The van der Waals surface area contributed by atoms with Crippen LogP contribution in [-0.4, -0.2) is 29.4 Å². The standard InChI is InChI=1S/C13H12Cl2N2O2/c1-7-2-11-12(18)17(13(19)16(11)6-7)10-4-8(14)3-9(15)5-10/h3-5,7,11H,2,6H2,1H3. The summed E-state index contributed by atoms with van der Waals surface area (Å²) >= 11 is 11.8. The van der Waals surface area contributed by atoms with Crippen molar-refractivity contribution in [3.8, 4) is 0 Å². The molecule has 100 valence electrons. The third-order valence-electron chi connectivity index (χ3n) is 3.56. The van der Waals surface area contributed by atoms with Crippen LogP contribution < -0.4 is 4.90 Å². The molecule has 2 aliphatic rings. The smallest absolute Gasteiger partial charge is 0.312 e. The van der Waals surface area contributed by atoms with Crippen LogP contribution in [0.4, 0.5) is 10.5 Å². The van der Waals surface area contributed by atoms with Crippen LogP contribution in [0.2, 0.25) is 10.0 Å². The van der Waals surface area contributed by atoms with Gasteiger partial charge in [0.2, 0.25) is 0 Å². The number of imide groups is 1. The Balaban J connectivity index is 1.98. The number of fused-ring (bicyclic) bond motifs is 1. The summed E-state index contributed by atoms with van der Waals surface area (Å²) in [6.45, 7) is 2.67. The highest BCUT2D eigenvalue weighted by atomic mass is 35.5. The molecule has 3 rings (SSSR count). The van der Waals surface area contributed by atoms with Crippen LogP contribution >= 0.6 is 23.2 Å². The van der Waals surface area contributed by atoms with E-state index in [-0.39, 0.29) is 18.0 Å². The van der Waals surface area contributed by atoms with E-state index >= 15 is 0 Å². The van der Waals surface area contributed by atoms with E-state index in [2.05, 4.69) is 0 Å². The fourth-order valence-electron chi connectivity index (χ4n) is 2.77. The number of rotatable bonds is 1. The Morgan fingerprint density at radius 2 is 1.79 bits per heavy atom. The zero-order valence-electron chi connectivity index (χ0n) is 10.3. The molecule has 2 atom stereocenters. The molecule has 19 heavy (non-hydrogen) atoms. The van der Waals surface area contributed by atoms with Crippen molar-refractivity contribution in [1.29, 1.82) is 0 Å². The Labute approximate surface area is 120 Å². The molecule has 3 amide bonds. The lowest BCUT2D eigenvalue weighted by molar-refractivity contribution is -0.119. The number of hydrogen-bond donors (Lipinski definition) is 0. The normalized spacial score (nSPS) is 26.3. The molecule has 0 aromatic heterocycles. The minimum atomic E-state index is -0.333. The van der Waals surface area contributed by atoms with Gasteiger partial charge >= 0.3 is 6.03 Å². The highest BCUT2D eigenvalue weighted by Gasteiger charge is 2.50. The van der Waals surface area contributed by atoms with Gasteiger partial charge < -0.3 is 4.90 Å². The van der Waals surface area contributed by atoms with E-state index in [9.17, 15) is 9.59 Å². The Kier molecular flexibility index (Phi) is 2.95. The average Bonchev–Trinajstić information content (AvgIpc) is 2.78. The second kappa shape index (κ2) is 4.39. The number of halogens is 2. The number of hydrogen-bond acceptors (Lipinski definition) is 2. The van der Waals surface area contributed by atoms with Crippen LogP contribution in [0.3, 0.4) is 0 Å². The number of urea groups is 1. The minimum Gasteiger partial charge on any atom is -0.312 e. The van der Waals surface area contributed by atoms with Crippen molar-refractivity contribution >= 4 is 40.8 Å². The molecule has 0 saturated carbocycles. The summed E-state index contributed by atoms with van der Waals surface area (Å²) in [4.78, 5) is 27.5. The third-order valence-corrected chi connectivity index (χ3v) is 3.99. The molecule has 0 radical (unpaired) electrons. The van der Waals surface area contributed by atoms with Gasteiger partial charge in [-0.2, -0.15) is 0 Å². The van der Waals surface area contributed by atoms with E-state index in [1.165, 1.54) is 4.90 Å². The summed E-state index contributed by atoms with van der Waals surface area (Å²) < 4.78 is 0. The molecule has 0 N–H and O–H groups in total. The van der Waals surface area contributed by atoms with Crippen molar-refractivity contribution in [2.24, 2.45) is 5.92 Å². The fourth-order valence-corrected chi connectivity index (χ4v) is 3.28. The first kappa shape index (κ1) is 12.8. The topological polar surface area (TPSA) is 40.6 Å². The fraction of sp³-hybridized carbons (Fsp3) is 0.385. The van der Waals surface area contributed by atoms with E-state index < -0.39 is 0 Å². The number of anilines is 1. The third kappa shape index (κ3) is 1.99. The van der Waals surface area contributed by atoms with Gasteiger partial charge in [0.15, 0.2) is 0 Å². The molecule has 6 heteroatoms. The predicted octanol–water partition coefficient (Wildman–Crippen LogP) is 3.17.